The number of hydrogen-bond acceptors (Lipinski definition) is 0. The minimum absolute atomic E-state index is 0.906. The van der Waals surface area contributed by atoms with Crippen LogP contribution >= 0.6 is 0 Å². The summed E-state index contributed by atoms with van der Waals surface area (Å²) < 4.78 is 0. The van der Waals surface area contributed by atoms with Gasteiger partial charge in [-0.05, 0) is 64.6 Å². The monoisotopic (exact) mass is 472 g/mol. The average Bonchev–Trinajstić information content (AvgIpc) is 3.52. The zero-order valence-electron chi connectivity index (χ0n) is 21.9. The molecule has 0 unspecified atom stereocenters. The maximum atomic E-state index is 2.56. The third kappa shape index (κ3) is 4.84. The van der Waals surface area contributed by atoms with Gasteiger partial charge in [0.25, 0.3) is 0 Å². The summed E-state index contributed by atoms with van der Waals surface area (Å²) in [5.41, 5.74) is 9.86. The zero-order chi connectivity index (χ0) is 23.2. The number of benzene rings is 2. The fraction of sp³-hybridized carbons (Fsp3) is 0.636. The van der Waals surface area contributed by atoms with E-state index < -0.39 is 8.07 Å². The Balaban J connectivity index is 1.49. The first-order valence-corrected chi connectivity index (χ1v) is 17.4. The van der Waals surface area contributed by atoms with Gasteiger partial charge in [0.05, 0.1) is 8.07 Å². The van der Waals surface area contributed by atoms with Gasteiger partial charge in [0.15, 0.2) is 0 Å². The van der Waals surface area contributed by atoms with Crippen LogP contribution in [0.15, 0.2) is 48.5 Å². The van der Waals surface area contributed by atoms with Crippen molar-refractivity contribution in [2.45, 2.75) is 132 Å². The quantitative estimate of drug-likeness (QED) is 0.225. The molecule has 0 radical (unpaired) electrons. The van der Waals surface area contributed by atoms with Gasteiger partial charge in [0.2, 0.25) is 0 Å². The Hall–Kier alpha value is -1.34. The van der Waals surface area contributed by atoms with E-state index in [1.54, 1.807) is 41.1 Å². The van der Waals surface area contributed by atoms with Crippen molar-refractivity contribution in [3.05, 3.63) is 70.8 Å². The average molecular weight is 473 g/mol. The summed E-state index contributed by atoms with van der Waals surface area (Å²) in [6, 6.07) is 21.0. The molecule has 34 heavy (non-hydrogen) atoms. The van der Waals surface area contributed by atoms with E-state index in [4.69, 9.17) is 0 Å². The van der Waals surface area contributed by atoms with Gasteiger partial charge in [-0.25, -0.2) is 0 Å². The molecular weight excluding hydrogens is 424 g/mol. The van der Waals surface area contributed by atoms with Crippen molar-refractivity contribution in [1.82, 2.24) is 0 Å². The molecule has 1 saturated carbocycles. The van der Waals surface area contributed by atoms with Crippen LogP contribution < -0.4 is 0 Å². The van der Waals surface area contributed by atoms with Crippen LogP contribution in [0.5, 0.6) is 0 Å². The van der Waals surface area contributed by atoms with Crippen molar-refractivity contribution >= 4 is 8.07 Å². The standard InChI is InChI=1S/C33H48Si/c1-2-3-4-5-6-7-15-26-34(29-18-9-8-10-19-29,32-24-22-27-16-11-13-20-30(27)32)33-25-23-28-17-12-14-21-31(28)33/h11-14,16-17,20-21,29,32-33H,2-10,15,18-19,22-26H2,1H3/t32-,33-/m0/s1. The second-order valence-electron chi connectivity index (χ2n) is 11.9. The molecule has 3 aliphatic rings. The summed E-state index contributed by atoms with van der Waals surface area (Å²) in [6.45, 7) is 2.34. The van der Waals surface area contributed by atoms with Gasteiger partial charge in [-0.1, -0.05) is 139 Å². The molecule has 5 rings (SSSR count). The molecule has 0 saturated heterocycles. The van der Waals surface area contributed by atoms with Gasteiger partial charge >= 0.3 is 0 Å². The number of hydrogen-bond donors (Lipinski definition) is 0. The molecule has 0 N–H and O–H groups in total. The molecule has 3 aliphatic carbocycles. The molecule has 0 aromatic heterocycles. The Morgan fingerprint density at radius 2 is 1.15 bits per heavy atom. The van der Waals surface area contributed by atoms with E-state index in [1.165, 1.54) is 89.9 Å². The van der Waals surface area contributed by atoms with E-state index >= 15 is 0 Å². The largest absolute Gasteiger partial charge is 0.0717 e. The normalized spacial score (nSPS) is 22.6. The summed E-state index contributed by atoms with van der Waals surface area (Å²) in [5, 5.41) is 0. The summed E-state index contributed by atoms with van der Waals surface area (Å²) in [4.78, 5) is 0. The fourth-order valence-corrected chi connectivity index (χ4v) is 16.8. The Morgan fingerprint density at radius 3 is 1.74 bits per heavy atom. The molecule has 2 aromatic rings. The van der Waals surface area contributed by atoms with E-state index in [0.717, 1.165) is 16.6 Å². The van der Waals surface area contributed by atoms with Crippen molar-refractivity contribution in [3.63, 3.8) is 0 Å². The second kappa shape index (κ2) is 11.6. The van der Waals surface area contributed by atoms with Gasteiger partial charge in [-0.3, -0.25) is 0 Å². The van der Waals surface area contributed by atoms with Crippen molar-refractivity contribution in [3.8, 4) is 0 Å². The predicted octanol–water partition coefficient (Wildman–Crippen LogP) is 10.1. The number of aryl methyl sites for hydroxylation is 2. The third-order valence-electron chi connectivity index (χ3n) is 10.1. The minimum atomic E-state index is -1.61. The number of unbranched alkanes of at least 4 members (excludes halogenated alkanes) is 6. The van der Waals surface area contributed by atoms with E-state index in [2.05, 4.69) is 55.5 Å². The maximum absolute atomic E-state index is 2.56. The lowest BCUT2D eigenvalue weighted by molar-refractivity contribution is 0.473. The molecule has 2 aromatic carbocycles. The first-order chi connectivity index (χ1) is 16.8. The summed E-state index contributed by atoms with van der Waals surface area (Å²) in [5.74, 6) is 0. The van der Waals surface area contributed by atoms with Crippen molar-refractivity contribution in [1.29, 1.82) is 0 Å². The highest BCUT2D eigenvalue weighted by Crippen LogP contribution is 2.59. The minimum Gasteiger partial charge on any atom is -0.0654 e. The fourth-order valence-electron chi connectivity index (χ4n) is 8.62. The van der Waals surface area contributed by atoms with Crippen molar-refractivity contribution in [2.24, 2.45) is 0 Å². The Bertz CT molecular complexity index is 853. The highest BCUT2D eigenvalue weighted by atomic mass is 28.3. The highest BCUT2D eigenvalue weighted by molar-refractivity contribution is 6.84. The molecule has 0 nitrogen and oxygen atoms in total. The van der Waals surface area contributed by atoms with Gasteiger partial charge in [0, 0.05) is 0 Å². The molecule has 2 atom stereocenters. The van der Waals surface area contributed by atoms with E-state index in [-0.39, 0.29) is 0 Å². The molecular formula is C33H48Si. The predicted molar refractivity (Wildman–Crippen MR) is 150 cm³/mol. The van der Waals surface area contributed by atoms with E-state index in [1.807, 2.05) is 0 Å². The van der Waals surface area contributed by atoms with Crippen LogP contribution in [0.1, 0.15) is 130 Å². The van der Waals surface area contributed by atoms with Crippen LogP contribution in [-0.2, 0) is 12.8 Å². The smallest absolute Gasteiger partial charge is 0.0654 e. The van der Waals surface area contributed by atoms with Gasteiger partial charge in [-0.2, -0.15) is 0 Å². The van der Waals surface area contributed by atoms with E-state index in [0.29, 0.717) is 0 Å². The Kier molecular flexibility index (Phi) is 8.31. The first-order valence-electron chi connectivity index (χ1n) is 15.0. The van der Waals surface area contributed by atoms with Gasteiger partial charge < -0.3 is 0 Å². The van der Waals surface area contributed by atoms with Crippen LogP contribution in [0.2, 0.25) is 11.6 Å². The summed E-state index contributed by atoms with van der Waals surface area (Å²) in [7, 11) is -1.61. The molecule has 0 aliphatic heterocycles. The zero-order valence-corrected chi connectivity index (χ0v) is 22.9. The molecule has 1 fully saturated rings. The number of fused-ring (bicyclic) bond motifs is 2. The summed E-state index contributed by atoms with van der Waals surface area (Å²) in [6.07, 6.45) is 23.3. The van der Waals surface area contributed by atoms with E-state index in [9.17, 15) is 0 Å². The molecule has 0 heterocycles. The molecule has 184 valence electrons. The van der Waals surface area contributed by atoms with Crippen LogP contribution in [0, 0.1) is 0 Å². The highest BCUT2D eigenvalue weighted by Gasteiger charge is 2.55. The molecule has 0 bridgehead atoms. The van der Waals surface area contributed by atoms with Gasteiger partial charge in [-0.15, -0.1) is 0 Å². The van der Waals surface area contributed by atoms with Crippen LogP contribution in [0.25, 0.3) is 0 Å². The van der Waals surface area contributed by atoms with Gasteiger partial charge in [0.1, 0.15) is 0 Å². The third-order valence-corrected chi connectivity index (χ3v) is 17.3. The SMILES string of the molecule is CCCCCCCCC[Si](C1CCCCC1)([C@H]1CCc2ccccc21)[C@H]1CCc2ccccc21. The van der Waals surface area contributed by atoms with Crippen LogP contribution in [-0.4, -0.2) is 8.07 Å². The lowest BCUT2D eigenvalue weighted by Gasteiger charge is -2.50. The first kappa shape index (κ1) is 24.4. The van der Waals surface area contributed by atoms with Crippen molar-refractivity contribution in [2.75, 3.05) is 0 Å². The van der Waals surface area contributed by atoms with Crippen molar-refractivity contribution < 1.29 is 0 Å². The van der Waals surface area contributed by atoms with Crippen LogP contribution in [0.4, 0.5) is 0 Å². The lowest BCUT2D eigenvalue weighted by atomic mass is 10.00. The topological polar surface area (TPSA) is 0 Å². The molecule has 0 spiro atoms. The number of rotatable bonds is 11. The Labute approximate surface area is 211 Å². The Morgan fingerprint density at radius 1 is 0.618 bits per heavy atom. The second-order valence-corrected chi connectivity index (χ2v) is 16.8. The van der Waals surface area contributed by atoms with Crippen LogP contribution in [0.3, 0.4) is 0 Å². The lowest BCUT2D eigenvalue weighted by Crippen LogP contribution is -2.52. The molecule has 1 heteroatoms. The maximum Gasteiger partial charge on any atom is 0.0717 e. The molecule has 0 amide bonds. The summed E-state index contributed by atoms with van der Waals surface area (Å²) >= 11 is 0.